The molecule has 0 bridgehead atoms. The molecule has 0 spiro atoms. The quantitative estimate of drug-likeness (QED) is 0.685. The third kappa shape index (κ3) is 2.09. The molecule has 98 valence electrons. The highest BCUT2D eigenvalue weighted by Crippen LogP contribution is 2.24. The smallest absolute Gasteiger partial charge is 0.153 e. The highest BCUT2D eigenvalue weighted by atomic mass is 19.1. The number of aldehydes is 1. The van der Waals surface area contributed by atoms with Crippen LogP contribution in [0.1, 0.15) is 10.4 Å². The van der Waals surface area contributed by atoms with Crippen LogP contribution in [0, 0.1) is 5.82 Å². The lowest BCUT2D eigenvalue weighted by Crippen LogP contribution is -1.95. The van der Waals surface area contributed by atoms with E-state index < -0.39 is 5.82 Å². The van der Waals surface area contributed by atoms with Crippen LogP contribution in [0.15, 0.2) is 55.0 Å². The molecule has 0 atom stereocenters. The Hall–Kier alpha value is -2.82. The van der Waals surface area contributed by atoms with E-state index in [2.05, 4.69) is 10.1 Å². The molecule has 0 aliphatic carbocycles. The van der Waals surface area contributed by atoms with Crippen LogP contribution in [0.2, 0.25) is 0 Å². The largest absolute Gasteiger partial charge is 0.298 e. The second-order valence-corrected chi connectivity index (χ2v) is 4.18. The summed E-state index contributed by atoms with van der Waals surface area (Å²) in [6, 6.07) is 9.76. The highest BCUT2D eigenvalue weighted by Gasteiger charge is 2.14. The molecule has 1 aromatic carbocycles. The molecule has 2 aromatic heterocycles. The molecule has 0 N–H and O–H groups in total. The lowest BCUT2D eigenvalue weighted by Gasteiger charge is -2.01. The SMILES string of the molecule is O=Cc1cn(-c2ccncc2)nc1-c1ccccc1F. The van der Waals surface area contributed by atoms with Gasteiger partial charge in [0, 0.05) is 24.2 Å². The third-order valence-corrected chi connectivity index (χ3v) is 2.93. The maximum Gasteiger partial charge on any atom is 0.153 e. The van der Waals surface area contributed by atoms with Gasteiger partial charge in [0.05, 0.1) is 11.3 Å². The molecule has 0 aliphatic heterocycles. The number of carbonyl (C=O) groups is 1. The molecule has 0 unspecified atom stereocenters. The molecule has 2 heterocycles. The standard InChI is InChI=1S/C15H10FN3O/c16-14-4-2-1-3-13(14)15-11(10-20)9-19(18-15)12-5-7-17-8-6-12/h1-10H. The van der Waals surface area contributed by atoms with Crippen molar-refractivity contribution >= 4 is 6.29 Å². The Morgan fingerprint density at radius 2 is 1.85 bits per heavy atom. The minimum Gasteiger partial charge on any atom is -0.298 e. The Balaban J connectivity index is 2.16. The van der Waals surface area contributed by atoms with Crippen molar-refractivity contribution < 1.29 is 9.18 Å². The fourth-order valence-electron chi connectivity index (χ4n) is 1.97. The Kier molecular flexibility index (Phi) is 3.09. The monoisotopic (exact) mass is 267 g/mol. The lowest BCUT2D eigenvalue weighted by molar-refractivity contribution is 0.112. The van der Waals surface area contributed by atoms with Crippen LogP contribution in [-0.4, -0.2) is 21.1 Å². The fourth-order valence-corrected chi connectivity index (χ4v) is 1.97. The van der Waals surface area contributed by atoms with Crippen LogP contribution in [0.4, 0.5) is 4.39 Å². The first-order valence-electron chi connectivity index (χ1n) is 6.00. The average Bonchev–Trinajstić information content (AvgIpc) is 2.93. The first-order valence-corrected chi connectivity index (χ1v) is 6.00. The molecule has 0 aliphatic rings. The molecule has 0 saturated heterocycles. The lowest BCUT2D eigenvalue weighted by atomic mass is 10.1. The zero-order valence-electron chi connectivity index (χ0n) is 10.4. The first-order chi connectivity index (χ1) is 9.79. The van der Waals surface area contributed by atoms with Gasteiger partial charge in [-0.3, -0.25) is 9.78 Å². The first kappa shape index (κ1) is 12.2. The van der Waals surface area contributed by atoms with Gasteiger partial charge in [-0.05, 0) is 24.3 Å². The summed E-state index contributed by atoms with van der Waals surface area (Å²) in [5.41, 5.74) is 1.73. The van der Waals surface area contributed by atoms with E-state index in [1.165, 1.54) is 10.7 Å². The summed E-state index contributed by atoms with van der Waals surface area (Å²) in [4.78, 5) is 15.1. The molecular formula is C15H10FN3O. The Morgan fingerprint density at radius 3 is 2.55 bits per heavy atom. The summed E-state index contributed by atoms with van der Waals surface area (Å²) in [5, 5.41) is 4.30. The van der Waals surface area contributed by atoms with Gasteiger partial charge in [-0.2, -0.15) is 5.10 Å². The summed E-state index contributed by atoms with van der Waals surface area (Å²) in [6.45, 7) is 0. The van der Waals surface area contributed by atoms with E-state index in [9.17, 15) is 9.18 Å². The van der Waals surface area contributed by atoms with Crippen molar-refractivity contribution in [3.8, 4) is 16.9 Å². The second kappa shape index (κ2) is 5.05. The van der Waals surface area contributed by atoms with Gasteiger partial charge in [0.2, 0.25) is 0 Å². The predicted octanol–water partition coefficient (Wildman–Crippen LogP) is 2.89. The molecular weight excluding hydrogens is 257 g/mol. The van der Waals surface area contributed by atoms with E-state index in [0.717, 1.165) is 5.69 Å². The van der Waals surface area contributed by atoms with Gasteiger partial charge in [0.25, 0.3) is 0 Å². The average molecular weight is 267 g/mol. The van der Waals surface area contributed by atoms with Crippen molar-refractivity contribution in [2.75, 3.05) is 0 Å². The van der Waals surface area contributed by atoms with Gasteiger partial charge in [-0.1, -0.05) is 12.1 Å². The number of benzene rings is 1. The van der Waals surface area contributed by atoms with E-state index >= 15 is 0 Å². The topological polar surface area (TPSA) is 47.8 Å². The van der Waals surface area contributed by atoms with Crippen molar-refractivity contribution in [2.24, 2.45) is 0 Å². The number of nitrogens with zero attached hydrogens (tertiary/aromatic N) is 3. The third-order valence-electron chi connectivity index (χ3n) is 2.93. The van der Waals surface area contributed by atoms with Crippen LogP contribution < -0.4 is 0 Å². The van der Waals surface area contributed by atoms with Crippen LogP contribution in [-0.2, 0) is 0 Å². The van der Waals surface area contributed by atoms with Crippen molar-refractivity contribution in [1.82, 2.24) is 14.8 Å². The van der Waals surface area contributed by atoms with Gasteiger partial charge in [-0.15, -0.1) is 0 Å². The van der Waals surface area contributed by atoms with Crippen molar-refractivity contribution in [3.63, 3.8) is 0 Å². The molecule has 3 aromatic rings. The molecule has 0 amide bonds. The maximum atomic E-state index is 13.8. The number of halogens is 1. The van der Waals surface area contributed by atoms with E-state index in [4.69, 9.17) is 0 Å². The van der Waals surface area contributed by atoms with Gasteiger partial charge in [0.15, 0.2) is 6.29 Å². The number of aromatic nitrogens is 3. The summed E-state index contributed by atoms with van der Waals surface area (Å²) in [7, 11) is 0. The summed E-state index contributed by atoms with van der Waals surface area (Å²) in [5.74, 6) is -0.407. The van der Waals surface area contributed by atoms with Gasteiger partial charge < -0.3 is 0 Å². The summed E-state index contributed by atoms with van der Waals surface area (Å²) < 4.78 is 15.4. The van der Waals surface area contributed by atoms with Crippen molar-refractivity contribution in [2.45, 2.75) is 0 Å². The number of hydrogen-bond donors (Lipinski definition) is 0. The molecule has 0 saturated carbocycles. The van der Waals surface area contributed by atoms with Crippen molar-refractivity contribution in [1.29, 1.82) is 0 Å². The Morgan fingerprint density at radius 1 is 1.10 bits per heavy atom. The normalized spacial score (nSPS) is 10.4. The molecule has 0 fully saturated rings. The number of hydrogen-bond acceptors (Lipinski definition) is 3. The fraction of sp³-hybridized carbons (Fsp3) is 0. The molecule has 3 rings (SSSR count). The maximum absolute atomic E-state index is 13.8. The minimum atomic E-state index is -0.407. The molecule has 4 nitrogen and oxygen atoms in total. The van der Waals surface area contributed by atoms with E-state index in [0.29, 0.717) is 23.1 Å². The molecule has 0 radical (unpaired) electrons. The predicted molar refractivity (Wildman–Crippen MR) is 72.1 cm³/mol. The summed E-state index contributed by atoms with van der Waals surface area (Å²) in [6.07, 6.45) is 5.50. The minimum absolute atomic E-state index is 0.308. The number of pyridine rings is 1. The van der Waals surface area contributed by atoms with Crippen LogP contribution in [0.3, 0.4) is 0 Å². The zero-order valence-corrected chi connectivity index (χ0v) is 10.4. The Bertz CT molecular complexity index is 753. The van der Waals surface area contributed by atoms with Crippen LogP contribution >= 0.6 is 0 Å². The van der Waals surface area contributed by atoms with Gasteiger partial charge >= 0.3 is 0 Å². The van der Waals surface area contributed by atoms with Gasteiger partial charge in [-0.25, -0.2) is 9.07 Å². The second-order valence-electron chi connectivity index (χ2n) is 4.18. The van der Waals surface area contributed by atoms with Crippen LogP contribution in [0.5, 0.6) is 0 Å². The summed E-state index contributed by atoms with van der Waals surface area (Å²) >= 11 is 0. The zero-order chi connectivity index (χ0) is 13.9. The number of rotatable bonds is 3. The van der Waals surface area contributed by atoms with Crippen LogP contribution in [0.25, 0.3) is 16.9 Å². The van der Waals surface area contributed by atoms with E-state index in [1.54, 1.807) is 48.9 Å². The molecule has 5 heteroatoms. The van der Waals surface area contributed by atoms with E-state index in [1.807, 2.05) is 0 Å². The van der Waals surface area contributed by atoms with Crippen molar-refractivity contribution in [3.05, 3.63) is 66.4 Å². The number of carbonyl (C=O) groups excluding carboxylic acids is 1. The van der Waals surface area contributed by atoms with Gasteiger partial charge in [0.1, 0.15) is 11.5 Å². The highest BCUT2D eigenvalue weighted by molar-refractivity contribution is 5.85. The van der Waals surface area contributed by atoms with E-state index in [-0.39, 0.29) is 0 Å². The molecule has 20 heavy (non-hydrogen) atoms. The Labute approximate surface area is 114 Å².